The molecular formula is C13H25N3O2. The lowest BCUT2D eigenvalue weighted by Crippen LogP contribution is -2.60. The van der Waals surface area contributed by atoms with Crippen LogP contribution in [0.5, 0.6) is 0 Å². The minimum absolute atomic E-state index is 0.0191. The van der Waals surface area contributed by atoms with Crippen LogP contribution in [0.1, 0.15) is 20.8 Å². The smallest absolute Gasteiger partial charge is 0.242 e. The van der Waals surface area contributed by atoms with E-state index in [0.717, 1.165) is 32.7 Å². The largest absolute Gasteiger partial charge is 0.375 e. The first kappa shape index (κ1) is 13.8. The molecule has 0 spiro atoms. The van der Waals surface area contributed by atoms with E-state index in [0.29, 0.717) is 12.6 Å². The van der Waals surface area contributed by atoms with Crippen LogP contribution >= 0.6 is 0 Å². The second kappa shape index (κ2) is 5.99. The third-order valence-electron chi connectivity index (χ3n) is 3.94. The van der Waals surface area contributed by atoms with Crippen LogP contribution in [-0.2, 0) is 9.53 Å². The van der Waals surface area contributed by atoms with E-state index in [4.69, 9.17) is 4.74 Å². The number of morpholine rings is 1. The molecule has 2 aliphatic rings. The number of amides is 1. The van der Waals surface area contributed by atoms with Crippen LogP contribution in [0.25, 0.3) is 0 Å². The number of hydrogen-bond donors (Lipinski definition) is 1. The molecule has 2 saturated heterocycles. The summed E-state index contributed by atoms with van der Waals surface area (Å²) in [4.78, 5) is 16.8. The van der Waals surface area contributed by atoms with Gasteiger partial charge in [0.25, 0.3) is 0 Å². The lowest BCUT2D eigenvalue weighted by molar-refractivity contribution is -0.141. The predicted molar refractivity (Wildman–Crippen MR) is 70.5 cm³/mol. The first-order valence-electron chi connectivity index (χ1n) is 6.97. The zero-order valence-corrected chi connectivity index (χ0v) is 11.7. The van der Waals surface area contributed by atoms with Crippen molar-refractivity contribution in [2.24, 2.45) is 0 Å². The Balaban J connectivity index is 1.87. The van der Waals surface area contributed by atoms with Gasteiger partial charge in [-0.2, -0.15) is 0 Å². The van der Waals surface area contributed by atoms with E-state index in [2.05, 4.69) is 24.1 Å². The maximum atomic E-state index is 12.4. The molecule has 2 atom stereocenters. The zero-order chi connectivity index (χ0) is 13.1. The highest BCUT2D eigenvalue weighted by Crippen LogP contribution is 2.11. The van der Waals surface area contributed by atoms with Crippen molar-refractivity contribution in [1.29, 1.82) is 0 Å². The average Bonchev–Trinajstić information content (AvgIpc) is 2.38. The van der Waals surface area contributed by atoms with Crippen molar-refractivity contribution in [1.82, 2.24) is 15.1 Å². The molecule has 0 unspecified atom stereocenters. The first-order valence-corrected chi connectivity index (χ1v) is 6.97. The van der Waals surface area contributed by atoms with Crippen molar-refractivity contribution in [2.45, 2.75) is 39.0 Å². The number of rotatable bonds is 2. The Morgan fingerprint density at radius 1 is 1.28 bits per heavy atom. The highest BCUT2D eigenvalue weighted by atomic mass is 16.5. The second-order valence-corrected chi connectivity index (χ2v) is 5.46. The molecule has 1 amide bonds. The predicted octanol–water partition coefficient (Wildman–Crippen LogP) is -0.0841. The molecule has 2 rings (SSSR count). The highest BCUT2D eigenvalue weighted by molar-refractivity contribution is 5.82. The van der Waals surface area contributed by atoms with Crippen LogP contribution in [0, 0.1) is 0 Å². The summed E-state index contributed by atoms with van der Waals surface area (Å²) in [6, 6.07) is 0.404. The fourth-order valence-electron chi connectivity index (χ4n) is 2.66. The fourth-order valence-corrected chi connectivity index (χ4v) is 2.66. The summed E-state index contributed by atoms with van der Waals surface area (Å²) in [5.74, 6) is 0.200. The molecule has 2 aliphatic heterocycles. The van der Waals surface area contributed by atoms with E-state index in [1.165, 1.54) is 0 Å². The van der Waals surface area contributed by atoms with Crippen LogP contribution < -0.4 is 5.32 Å². The molecule has 1 N–H and O–H groups in total. The monoisotopic (exact) mass is 255 g/mol. The van der Waals surface area contributed by atoms with Gasteiger partial charge in [0.15, 0.2) is 0 Å². The minimum atomic E-state index is -0.163. The fraction of sp³-hybridized carbons (Fsp3) is 0.923. The molecule has 18 heavy (non-hydrogen) atoms. The molecule has 0 aliphatic carbocycles. The number of piperazine rings is 1. The van der Waals surface area contributed by atoms with Crippen molar-refractivity contribution in [3.63, 3.8) is 0 Å². The minimum Gasteiger partial charge on any atom is -0.375 e. The Bertz CT molecular complexity index is 288. The number of ether oxygens (including phenoxy) is 1. The third-order valence-corrected chi connectivity index (χ3v) is 3.94. The van der Waals surface area contributed by atoms with Gasteiger partial charge in [0.2, 0.25) is 5.91 Å². The molecule has 5 heteroatoms. The quantitative estimate of drug-likeness (QED) is 0.749. The topological polar surface area (TPSA) is 44.8 Å². The van der Waals surface area contributed by atoms with E-state index < -0.39 is 0 Å². The molecule has 2 heterocycles. The number of nitrogens with zero attached hydrogens (tertiary/aromatic N) is 2. The summed E-state index contributed by atoms with van der Waals surface area (Å²) in [5, 5.41) is 3.27. The molecule has 0 radical (unpaired) electrons. The van der Waals surface area contributed by atoms with Gasteiger partial charge in [-0.1, -0.05) is 0 Å². The molecule has 0 bridgehead atoms. The molecule has 104 valence electrons. The van der Waals surface area contributed by atoms with E-state index in [9.17, 15) is 4.79 Å². The second-order valence-electron chi connectivity index (χ2n) is 5.46. The number of hydrogen-bond acceptors (Lipinski definition) is 4. The summed E-state index contributed by atoms with van der Waals surface area (Å²) in [6.45, 7) is 11.5. The Morgan fingerprint density at radius 2 is 1.94 bits per heavy atom. The van der Waals surface area contributed by atoms with Crippen LogP contribution in [0.4, 0.5) is 0 Å². The van der Waals surface area contributed by atoms with Crippen molar-refractivity contribution < 1.29 is 9.53 Å². The van der Waals surface area contributed by atoms with Gasteiger partial charge in [0.05, 0.1) is 12.7 Å². The van der Waals surface area contributed by atoms with Crippen LogP contribution in [0.15, 0.2) is 0 Å². The Morgan fingerprint density at radius 3 is 2.50 bits per heavy atom. The van der Waals surface area contributed by atoms with Crippen molar-refractivity contribution in [2.75, 3.05) is 39.3 Å². The van der Waals surface area contributed by atoms with Gasteiger partial charge in [-0.25, -0.2) is 0 Å². The SMILES string of the molecule is CC(C)N1CCN(C(=O)[C@H]2NCCO[C@@H]2C)CC1. The number of carbonyl (C=O) groups is 1. The summed E-state index contributed by atoms with van der Waals surface area (Å²) < 4.78 is 5.54. The Hall–Kier alpha value is -0.650. The maximum Gasteiger partial charge on any atom is 0.242 e. The summed E-state index contributed by atoms with van der Waals surface area (Å²) in [7, 11) is 0. The number of nitrogens with one attached hydrogen (secondary N) is 1. The van der Waals surface area contributed by atoms with Gasteiger partial charge in [-0.05, 0) is 20.8 Å². The standard InChI is InChI=1S/C13H25N3O2/c1-10(2)15-5-7-16(8-6-15)13(17)12-11(3)18-9-4-14-12/h10-12,14H,4-9H2,1-3H3/t11-,12+/m1/s1. The Kier molecular flexibility index (Phi) is 4.59. The van der Waals surface area contributed by atoms with Gasteiger partial charge >= 0.3 is 0 Å². The van der Waals surface area contributed by atoms with E-state index in [-0.39, 0.29) is 18.1 Å². The van der Waals surface area contributed by atoms with Crippen molar-refractivity contribution in [3.05, 3.63) is 0 Å². The molecule has 0 aromatic heterocycles. The van der Waals surface area contributed by atoms with E-state index in [1.54, 1.807) is 0 Å². The molecule has 5 nitrogen and oxygen atoms in total. The summed E-state index contributed by atoms with van der Waals surface area (Å²) >= 11 is 0. The molecule has 0 aromatic rings. The molecule has 2 fully saturated rings. The van der Waals surface area contributed by atoms with E-state index in [1.807, 2.05) is 11.8 Å². The summed E-state index contributed by atoms with van der Waals surface area (Å²) in [5.41, 5.74) is 0. The van der Waals surface area contributed by atoms with Crippen LogP contribution in [0.2, 0.25) is 0 Å². The van der Waals surface area contributed by atoms with Gasteiger partial charge in [0, 0.05) is 38.8 Å². The highest BCUT2D eigenvalue weighted by Gasteiger charge is 2.33. The van der Waals surface area contributed by atoms with Crippen LogP contribution in [-0.4, -0.2) is 73.2 Å². The zero-order valence-electron chi connectivity index (χ0n) is 11.7. The van der Waals surface area contributed by atoms with Crippen LogP contribution in [0.3, 0.4) is 0 Å². The van der Waals surface area contributed by atoms with Crippen molar-refractivity contribution in [3.8, 4) is 0 Å². The third kappa shape index (κ3) is 3.02. The maximum absolute atomic E-state index is 12.4. The lowest BCUT2D eigenvalue weighted by atomic mass is 10.1. The van der Waals surface area contributed by atoms with Gasteiger partial charge in [-0.15, -0.1) is 0 Å². The average molecular weight is 255 g/mol. The number of carbonyl (C=O) groups excluding carboxylic acids is 1. The normalized spacial score (nSPS) is 30.8. The van der Waals surface area contributed by atoms with E-state index >= 15 is 0 Å². The molecule has 0 saturated carbocycles. The van der Waals surface area contributed by atoms with Gasteiger partial charge in [-0.3, -0.25) is 9.69 Å². The van der Waals surface area contributed by atoms with Crippen molar-refractivity contribution >= 4 is 5.91 Å². The van der Waals surface area contributed by atoms with Gasteiger partial charge < -0.3 is 15.0 Å². The summed E-state index contributed by atoms with van der Waals surface area (Å²) in [6.07, 6.45) is -0.0191. The van der Waals surface area contributed by atoms with Gasteiger partial charge in [0.1, 0.15) is 6.04 Å². The lowest BCUT2D eigenvalue weighted by Gasteiger charge is -2.40. The Labute approximate surface area is 109 Å². The molecular weight excluding hydrogens is 230 g/mol. The molecule has 0 aromatic carbocycles. The first-order chi connectivity index (χ1) is 8.59.